The lowest BCUT2D eigenvalue weighted by Gasteiger charge is -2.13. The van der Waals surface area contributed by atoms with Crippen molar-refractivity contribution in [2.75, 3.05) is 13.2 Å². The molecule has 17 heavy (non-hydrogen) atoms. The molecular weight excluding hydrogens is 214 g/mol. The number of rotatable bonds is 8. The van der Waals surface area contributed by atoms with Gasteiger partial charge in [-0.3, -0.25) is 0 Å². The maximum Gasteiger partial charge on any atom is 0.135 e. The van der Waals surface area contributed by atoms with E-state index in [1.807, 2.05) is 13.1 Å². The number of hydrogen-bond donors (Lipinski definition) is 2. The molecule has 0 spiro atoms. The second-order valence-electron chi connectivity index (χ2n) is 4.68. The highest BCUT2D eigenvalue weighted by Crippen LogP contribution is 2.42. The fourth-order valence-electron chi connectivity index (χ4n) is 2.03. The highest BCUT2D eigenvalue weighted by Gasteiger charge is 2.34. The summed E-state index contributed by atoms with van der Waals surface area (Å²) in [6.07, 6.45) is 5.81. The number of nitrogens with one attached hydrogen (secondary N) is 2. The number of H-pyrrole nitrogens is 1. The lowest BCUT2D eigenvalue weighted by Crippen LogP contribution is -2.14. The average molecular weight is 237 g/mol. The first-order valence-electron chi connectivity index (χ1n) is 6.71. The van der Waals surface area contributed by atoms with Gasteiger partial charge >= 0.3 is 0 Å². The Kier molecular flexibility index (Phi) is 4.57. The zero-order chi connectivity index (χ0) is 12.1. The highest BCUT2D eigenvalue weighted by atomic mass is 16.5. The maximum absolute atomic E-state index is 5.78. The SMILES string of the molecule is CCCNCc1cnc(C(OCC)C2CC2)[nH]1. The van der Waals surface area contributed by atoms with Crippen molar-refractivity contribution in [1.82, 2.24) is 15.3 Å². The largest absolute Gasteiger partial charge is 0.370 e. The molecule has 1 fully saturated rings. The topological polar surface area (TPSA) is 49.9 Å². The van der Waals surface area contributed by atoms with E-state index in [2.05, 4.69) is 22.2 Å². The number of imidazole rings is 1. The van der Waals surface area contributed by atoms with Crippen LogP contribution in [0.3, 0.4) is 0 Å². The summed E-state index contributed by atoms with van der Waals surface area (Å²) in [7, 11) is 0. The Bertz CT molecular complexity index is 333. The molecule has 1 aromatic rings. The monoisotopic (exact) mass is 237 g/mol. The third-order valence-electron chi connectivity index (χ3n) is 3.06. The molecule has 4 heteroatoms. The van der Waals surface area contributed by atoms with Gasteiger partial charge in [-0.25, -0.2) is 4.98 Å². The summed E-state index contributed by atoms with van der Waals surface area (Å²) < 4.78 is 5.78. The van der Waals surface area contributed by atoms with Gasteiger partial charge in [0, 0.05) is 25.0 Å². The molecule has 1 saturated carbocycles. The summed E-state index contributed by atoms with van der Waals surface area (Å²) in [6.45, 7) is 6.88. The molecule has 0 radical (unpaired) electrons. The maximum atomic E-state index is 5.78. The lowest BCUT2D eigenvalue weighted by atomic mass is 10.2. The van der Waals surface area contributed by atoms with Crippen molar-refractivity contribution in [3.8, 4) is 0 Å². The van der Waals surface area contributed by atoms with Crippen LogP contribution in [0.15, 0.2) is 6.20 Å². The van der Waals surface area contributed by atoms with Crippen molar-refractivity contribution in [2.24, 2.45) is 5.92 Å². The van der Waals surface area contributed by atoms with Crippen LogP contribution in [0, 0.1) is 5.92 Å². The molecule has 1 unspecified atom stereocenters. The molecular formula is C13H23N3O. The van der Waals surface area contributed by atoms with Crippen LogP contribution >= 0.6 is 0 Å². The van der Waals surface area contributed by atoms with Crippen LogP contribution in [-0.4, -0.2) is 23.1 Å². The molecule has 0 saturated heterocycles. The minimum Gasteiger partial charge on any atom is -0.370 e. The van der Waals surface area contributed by atoms with Crippen LogP contribution in [0.1, 0.15) is 50.7 Å². The minimum atomic E-state index is 0.180. The van der Waals surface area contributed by atoms with Gasteiger partial charge in [-0.2, -0.15) is 0 Å². The molecule has 0 bridgehead atoms. The highest BCUT2D eigenvalue weighted by molar-refractivity contribution is 5.06. The Balaban J connectivity index is 1.90. The van der Waals surface area contributed by atoms with E-state index in [0.717, 1.165) is 37.6 Å². The Labute approximate surface area is 103 Å². The number of ether oxygens (including phenoxy) is 1. The predicted molar refractivity (Wildman–Crippen MR) is 67.7 cm³/mol. The van der Waals surface area contributed by atoms with Gasteiger partial charge in [0.25, 0.3) is 0 Å². The number of hydrogen-bond acceptors (Lipinski definition) is 3. The Morgan fingerprint density at radius 3 is 3.00 bits per heavy atom. The number of nitrogens with zero attached hydrogens (tertiary/aromatic N) is 1. The van der Waals surface area contributed by atoms with E-state index in [1.54, 1.807) is 0 Å². The fraction of sp³-hybridized carbons (Fsp3) is 0.769. The molecule has 2 rings (SSSR count). The molecule has 1 aliphatic rings. The van der Waals surface area contributed by atoms with E-state index in [4.69, 9.17) is 4.74 Å². The summed E-state index contributed by atoms with van der Waals surface area (Å²) in [5.74, 6) is 1.68. The van der Waals surface area contributed by atoms with Crippen molar-refractivity contribution in [2.45, 2.75) is 45.8 Å². The fourth-order valence-corrected chi connectivity index (χ4v) is 2.03. The molecule has 0 aromatic carbocycles. The summed E-state index contributed by atoms with van der Waals surface area (Å²) in [6, 6.07) is 0. The first-order chi connectivity index (χ1) is 8.35. The molecule has 96 valence electrons. The van der Waals surface area contributed by atoms with Crippen LogP contribution in [0.2, 0.25) is 0 Å². The summed E-state index contributed by atoms with van der Waals surface area (Å²) in [5, 5.41) is 3.37. The van der Waals surface area contributed by atoms with Crippen molar-refractivity contribution < 1.29 is 4.74 Å². The Hall–Kier alpha value is -0.870. The van der Waals surface area contributed by atoms with E-state index >= 15 is 0 Å². The predicted octanol–water partition coefficient (Wildman–Crippen LogP) is 2.40. The van der Waals surface area contributed by atoms with Gasteiger partial charge in [0.15, 0.2) is 0 Å². The van der Waals surface area contributed by atoms with Crippen molar-refractivity contribution in [3.63, 3.8) is 0 Å². The van der Waals surface area contributed by atoms with Gasteiger partial charge in [0.1, 0.15) is 11.9 Å². The first-order valence-corrected chi connectivity index (χ1v) is 6.71. The average Bonchev–Trinajstić information content (AvgIpc) is 3.06. The molecule has 0 aliphatic heterocycles. The van der Waals surface area contributed by atoms with Gasteiger partial charge in [0.05, 0.1) is 0 Å². The minimum absolute atomic E-state index is 0.180. The Morgan fingerprint density at radius 1 is 1.53 bits per heavy atom. The zero-order valence-corrected chi connectivity index (χ0v) is 10.8. The molecule has 1 atom stereocenters. The van der Waals surface area contributed by atoms with Gasteiger partial charge in [-0.15, -0.1) is 0 Å². The van der Waals surface area contributed by atoms with Crippen LogP contribution in [0.5, 0.6) is 0 Å². The first kappa shape index (κ1) is 12.6. The summed E-state index contributed by atoms with van der Waals surface area (Å²) in [5.41, 5.74) is 1.15. The molecule has 1 aromatic heterocycles. The number of aromatic nitrogens is 2. The van der Waals surface area contributed by atoms with E-state index in [-0.39, 0.29) is 6.10 Å². The van der Waals surface area contributed by atoms with Gasteiger partial charge in [-0.05, 0) is 38.6 Å². The van der Waals surface area contributed by atoms with Crippen LogP contribution in [-0.2, 0) is 11.3 Å². The lowest BCUT2D eigenvalue weighted by molar-refractivity contribution is 0.0405. The van der Waals surface area contributed by atoms with Gasteiger partial charge < -0.3 is 15.0 Å². The normalized spacial score (nSPS) is 17.3. The smallest absolute Gasteiger partial charge is 0.135 e. The van der Waals surface area contributed by atoms with Crippen LogP contribution < -0.4 is 5.32 Å². The third-order valence-corrected chi connectivity index (χ3v) is 3.06. The summed E-state index contributed by atoms with van der Waals surface area (Å²) in [4.78, 5) is 7.83. The van der Waals surface area contributed by atoms with E-state index in [0.29, 0.717) is 5.92 Å². The van der Waals surface area contributed by atoms with Gasteiger partial charge in [-0.1, -0.05) is 6.92 Å². The van der Waals surface area contributed by atoms with Crippen LogP contribution in [0.4, 0.5) is 0 Å². The molecule has 1 aliphatic carbocycles. The van der Waals surface area contributed by atoms with Crippen LogP contribution in [0.25, 0.3) is 0 Å². The standard InChI is InChI=1S/C13H23N3O/c1-3-7-14-8-11-9-15-13(16-11)12(17-4-2)10-5-6-10/h9-10,12,14H,3-8H2,1-2H3,(H,15,16). The molecule has 4 nitrogen and oxygen atoms in total. The van der Waals surface area contributed by atoms with Crippen molar-refractivity contribution in [3.05, 3.63) is 17.7 Å². The van der Waals surface area contributed by atoms with E-state index in [9.17, 15) is 0 Å². The molecule has 0 amide bonds. The molecule has 1 heterocycles. The van der Waals surface area contributed by atoms with Crippen molar-refractivity contribution in [1.29, 1.82) is 0 Å². The third kappa shape index (κ3) is 3.54. The second kappa shape index (κ2) is 6.17. The zero-order valence-electron chi connectivity index (χ0n) is 10.8. The summed E-state index contributed by atoms with van der Waals surface area (Å²) >= 11 is 0. The number of aromatic amines is 1. The van der Waals surface area contributed by atoms with E-state index < -0.39 is 0 Å². The second-order valence-corrected chi connectivity index (χ2v) is 4.68. The quantitative estimate of drug-likeness (QED) is 0.683. The van der Waals surface area contributed by atoms with Crippen molar-refractivity contribution >= 4 is 0 Å². The molecule has 2 N–H and O–H groups in total. The van der Waals surface area contributed by atoms with Gasteiger partial charge in [0.2, 0.25) is 0 Å². The Morgan fingerprint density at radius 2 is 2.35 bits per heavy atom. The van der Waals surface area contributed by atoms with E-state index in [1.165, 1.54) is 12.8 Å².